The SMILES string of the molecule is CCC(CC)NC(=O)[C@@H]1C=C2c3cccc4c3c(cn4C(C)=O)C[C@H]2N(C)C1. The number of fused-ring (bicyclic) bond motifs is 2. The first-order valence-electron chi connectivity index (χ1n) is 10.3. The maximum absolute atomic E-state index is 12.9. The predicted octanol–water partition coefficient (Wildman–Crippen LogP) is 3.48. The lowest BCUT2D eigenvalue weighted by atomic mass is 9.79. The average molecular weight is 380 g/mol. The van der Waals surface area contributed by atoms with Crippen LogP contribution in [0.25, 0.3) is 16.5 Å². The number of nitrogens with one attached hydrogen (secondary N) is 1. The van der Waals surface area contributed by atoms with Crippen LogP contribution in [0.4, 0.5) is 0 Å². The summed E-state index contributed by atoms with van der Waals surface area (Å²) in [6.45, 7) is 6.54. The van der Waals surface area contributed by atoms with Gasteiger partial charge in [-0.05, 0) is 49.1 Å². The Morgan fingerprint density at radius 3 is 2.68 bits per heavy atom. The second-order valence-electron chi connectivity index (χ2n) is 8.15. The lowest BCUT2D eigenvalue weighted by Crippen LogP contribution is -2.48. The van der Waals surface area contributed by atoms with Crippen LogP contribution in [0.5, 0.6) is 0 Å². The maximum atomic E-state index is 12.9. The van der Waals surface area contributed by atoms with Crippen LogP contribution in [0.15, 0.2) is 30.5 Å². The van der Waals surface area contributed by atoms with E-state index in [1.54, 1.807) is 11.5 Å². The van der Waals surface area contributed by atoms with Gasteiger partial charge in [0.05, 0.1) is 11.4 Å². The molecular weight excluding hydrogens is 350 g/mol. The second-order valence-corrected chi connectivity index (χ2v) is 8.15. The van der Waals surface area contributed by atoms with Gasteiger partial charge < -0.3 is 5.32 Å². The summed E-state index contributed by atoms with van der Waals surface area (Å²) in [5, 5.41) is 4.37. The van der Waals surface area contributed by atoms with Crippen molar-refractivity contribution in [1.82, 2.24) is 14.8 Å². The average Bonchev–Trinajstić information content (AvgIpc) is 3.07. The minimum Gasteiger partial charge on any atom is -0.353 e. The lowest BCUT2D eigenvalue weighted by molar-refractivity contribution is -0.125. The summed E-state index contributed by atoms with van der Waals surface area (Å²) in [5.74, 6) is -0.00244. The van der Waals surface area contributed by atoms with Gasteiger partial charge in [0.25, 0.3) is 0 Å². The van der Waals surface area contributed by atoms with Crippen molar-refractivity contribution in [3.8, 4) is 0 Å². The second kappa shape index (κ2) is 7.21. The monoisotopic (exact) mass is 379 g/mol. The summed E-state index contributed by atoms with van der Waals surface area (Å²) >= 11 is 0. The zero-order valence-corrected chi connectivity index (χ0v) is 17.2. The van der Waals surface area contributed by atoms with E-state index in [9.17, 15) is 9.59 Å². The van der Waals surface area contributed by atoms with Gasteiger partial charge in [0.2, 0.25) is 11.8 Å². The summed E-state index contributed by atoms with van der Waals surface area (Å²) in [6.07, 6.45) is 6.94. The van der Waals surface area contributed by atoms with E-state index in [1.807, 2.05) is 18.3 Å². The molecule has 1 N–H and O–H groups in total. The van der Waals surface area contributed by atoms with Gasteiger partial charge in [-0.25, -0.2) is 0 Å². The molecule has 0 unspecified atom stereocenters. The van der Waals surface area contributed by atoms with Crippen LogP contribution in [-0.4, -0.2) is 47.0 Å². The Hall–Kier alpha value is -2.40. The zero-order chi connectivity index (χ0) is 20.0. The highest BCUT2D eigenvalue weighted by atomic mass is 16.2. The molecule has 28 heavy (non-hydrogen) atoms. The molecule has 0 saturated heterocycles. The van der Waals surface area contributed by atoms with Crippen LogP contribution in [0.2, 0.25) is 0 Å². The molecule has 2 aromatic rings. The van der Waals surface area contributed by atoms with Gasteiger partial charge in [-0.1, -0.05) is 32.1 Å². The van der Waals surface area contributed by atoms with E-state index in [2.05, 4.69) is 43.3 Å². The Balaban J connectivity index is 1.77. The van der Waals surface area contributed by atoms with E-state index in [4.69, 9.17) is 0 Å². The van der Waals surface area contributed by atoms with Crippen molar-refractivity contribution in [2.45, 2.75) is 52.1 Å². The number of aromatic nitrogens is 1. The number of amides is 1. The molecule has 5 heteroatoms. The van der Waals surface area contributed by atoms with Crippen molar-refractivity contribution in [2.24, 2.45) is 5.92 Å². The number of hydrogen-bond acceptors (Lipinski definition) is 3. The fraction of sp³-hybridized carbons (Fsp3) is 0.478. The summed E-state index contributed by atoms with van der Waals surface area (Å²) in [7, 11) is 2.10. The summed E-state index contributed by atoms with van der Waals surface area (Å²) in [4.78, 5) is 27.3. The van der Waals surface area contributed by atoms with E-state index < -0.39 is 0 Å². The van der Waals surface area contributed by atoms with Crippen LogP contribution in [0.1, 0.15) is 49.5 Å². The molecule has 0 radical (unpaired) electrons. The quantitative estimate of drug-likeness (QED) is 0.885. The van der Waals surface area contributed by atoms with Gasteiger partial charge in [0.15, 0.2) is 0 Å². The Labute approximate surface area is 166 Å². The number of rotatable bonds is 4. The molecule has 1 aliphatic heterocycles. The highest BCUT2D eigenvalue weighted by Gasteiger charge is 2.36. The summed E-state index contributed by atoms with van der Waals surface area (Å²) < 4.78 is 1.75. The van der Waals surface area contributed by atoms with Crippen molar-refractivity contribution in [3.05, 3.63) is 41.6 Å². The fourth-order valence-corrected chi connectivity index (χ4v) is 4.78. The highest BCUT2D eigenvalue weighted by molar-refractivity contribution is 6.03. The largest absolute Gasteiger partial charge is 0.353 e. The van der Waals surface area contributed by atoms with Crippen LogP contribution in [0.3, 0.4) is 0 Å². The summed E-state index contributed by atoms with van der Waals surface area (Å²) in [5.41, 5.74) is 4.56. The van der Waals surface area contributed by atoms with Gasteiger partial charge in [0.1, 0.15) is 0 Å². The molecule has 2 heterocycles. The van der Waals surface area contributed by atoms with Gasteiger partial charge in [-0.3, -0.25) is 19.1 Å². The highest BCUT2D eigenvalue weighted by Crippen LogP contribution is 2.41. The number of carbonyl (C=O) groups is 2. The third kappa shape index (κ3) is 2.98. The lowest BCUT2D eigenvalue weighted by Gasteiger charge is -2.39. The zero-order valence-electron chi connectivity index (χ0n) is 17.2. The van der Waals surface area contributed by atoms with E-state index in [0.29, 0.717) is 0 Å². The Morgan fingerprint density at radius 2 is 2.00 bits per heavy atom. The number of benzene rings is 1. The van der Waals surface area contributed by atoms with Crippen molar-refractivity contribution < 1.29 is 9.59 Å². The number of carbonyl (C=O) groups excluding carboxylic acids is 2. The molecule has 2 aliphatic rings. The maximum Gasteiger partial charge on any atom is 0.228 e. The van der Waals surface area contributed by atoms with Crippen molar-refractivity contribution in [3.63, 3.8) is 0 Å². The smallest absolute Gasteiger partial charge is 0.228 e. The number of likely N-dealkylation sites (N-methyl/N-ethyl adjacent to an activating group) is 1. The first-order valence-corrected chi connectivity index (χ1v) is 10.3. The third-order valence-electron chi connectivity index (χ3n) is 6.40. The molecule has 5 nitrogen and oxygen atoms in total. The molecular formula is C23H29N3O2. The molecule has 0 saturated carbocycles. The van der Waals surface area contributed by atoms with E-state index in [1.165, 1.54) is 11.1 Å². The van der Waals surface area contributed by atoms with Crippen molar-refractivity contribution in [2.75, 3.05) is 13.6 Å². The molecule has 0 spiro atoms. The molecule has 1 amide bonds. The minimum atomic E-state index is -0.149. The van der Waals surface area contributed by atoms with Gasteiger partial charge >= 0.3 is 0 Å². The van der Waals surface area contributed by atoms with Crippen molar-refractivity contribution >= 4 is 28.3 Å². The standard InChI is InChI=1S/C23H29N3O2/c1-5-17(6-2)24-23(28)16-10-19-18-8-7-9-20-22(18)15(13-26(20)14(3)27)11-21(19)25(4)12-16/h7-10,13,16-17,21H,5-6,11-12H2,1-4H3,(H,24,28)/t16-,21-/m1/s1. The molecule has 1 aliphatic carbocycles. The Morgan fingerprint density at radius 1 is 1.25 bits per heavy atom. The van der Waals surface area contributed by atoms with Crippen LogP contribution < -0.4 is 5.32 Å². The summed E-state index contributed by atoms with van der Waals surface area (Å²) in [6, 6.07) is 6.63. The van der Waals surface area contributed by atoms with Gasteiger partial charge in [-0.2, -0.15) is 0 Å². The van der Waals surface area contributed by atoms with E-state index >= 15 is 0 Å². The first kappa shape index (κ1) is 18.9. The topological polar surface area (TPSA) is 54.3 Å². The number of hydrogen-bond donors (Lipinski definition) is 1. The molecule has 4 rings (SSSR count). The molecule has 1 aromatic carbocycles. The van der Waals surface area contributed by atoms with Crippen molar-refractivity contribution in [1.29, 1.82) is 0 Å². The van der Waals surface area contributed by atoms with Gasteiger partial charge in [-0.15, -0.1) is 0 Å². The normalized spacial score (nSPS) is 21.5. The third-order valence-corrected chi connectivity index (χ3v) is 6.40. The number of nitrogens with zero attached hydrogens (tertiary/aromatic N) is 2. The minimum absolute atomic E-state index is 0.0306. The van der Waals surface area contributed by atoms with E-state index in [0.717, 1.165) is 42.3 Å². The molecule has 2 atom stereocenters. The van der Waals surface area contributed by atoms with Crippen LogP contribution >= 0.6 is 0 Å². The van der Waals surface area contributed by atoms with Crippen LogP contribution in [0, 0.1) is 5.92 Å². The Bertz CT molecular complexity index is 968. The molecule has 148 valence electrons. The molecule has 0 fully saturated rings. The van der Waals surface area contributed by atoms with Gasteiger partial charge in [0, 0.05) is 37.1 Å². The predicted molar refractivity (Wildman–Crippen MR) is 112 cm³/mol. The van der Waals surface area contributed by atoms with Crippen LogP contribution in [-0.2, 0) is 11.2 Å². The fourth-order valence-electron chi connectivity index (χ4n) is 4.78. The van der Waals surface area contributed by atoms with E-state index in [-0.39, 0.29) is 29.8 Å². The first-order chi connectivity index (χ1) is 13.4. The molecule has 1 aromatic heterocycles. The molecule has 0 bridgehead atoms. The Kier molecular flexibility index (Phi) is 4.88.